The lowest BCUT2D eigenvalue weighted by molar-refractivity contribution is 0.103. The van der Waals surface area contributed by atoms with Gasteiger partial charge >= 0.3 is 0 Å². The van der Waals surface area contributed by atoms with Gasteiger partial charge in [-0.05, 0) is 18.7 Å². The van der Waals surface area contributed by atoms with Crippen molar-refractivity contribution in [3.63, 3.8) is 0 Å². The van der Waals surface area contributed by atoms with Gasteiger partial charge in [-0.2, -0.15) is 0 Å². The Morgan fingerprint density at radius 1 is 1.22 bits per heavy atom. The highest BCUT2D eigenvalue weighted by atomic mass is 32.2. The third-order valence-corrected chi connectivity index (χ3v) is 5.12. The summed E-state index contributed by atoms with van der Waals surface area (Å²) in [5, 5.41) is 2.38. The zero-order chi connectivity index (χ0) is 12.4. The standard InChI is InChI=1S/C14H21N3S/c1-16-6-8-17(9-7-16)15-10-12-11-18-14-5-3-2-4-13(12)14/h2-5,12,15H,6-11H2,1H3. The molecule has 1 aromatic rings. The molecule has 0 saturated carbocycles. The van der Waals surface area contributed by atoms with Gasteiger partial charge in [-0.25, -0.2) is 5.01 Å². The van der Waals surface area contributed by atoms with Crippen molar-refractivity contribution in [3.8, 4) is 0 Å². The summed E-state index contributed by atoms with van der Waals surface area (Å²) in [5.74, 6) is 1.89. The molecule has 1 N–H and O–H groups in total. The second-order valence-electron chi connectivity index (χ2n) is 5.20. The summed E-state index contributed by atoms with van der Waals surface area (Å²) in [5.41, 5.74) is 5.15. The Labute approximate surface area is 114 Å². The summed E-state index contributed by atoms with van der Waals surface area (Å²) in [6, 6.07) is 8.83. The zero-order valence-electron chi connectivity index (χ0n) is 10.9. The highest BCUT2D eigenvalue weighted by Gasteiger charge is 2.23. The number of hydrogen-bond donors (Lipinski definition) is 1. The molecule has 3 nitrogen and oxygen atoms in total. The molecule has 2 aliphatic rings. The fourth-order valence-corrected chi connectivity index (χ4v) is 3.86. The lowest BCUT2D eigenvalue weighted by Crippen LogP contribution is -2.51. The predicted molar refractivity (Wildman–Crippen MR) is 77.0 cm³/mol. The summed E-state index contributed by atoms with van der Waals surface area (Å²) in [6.07, 6.45) is 0. The number of thioether (sulfide) groups is 1. The van der Waals surface area contributed by atoms with E-state index in [0.717, 1.165) is 19.6 Å². The minimum absolute atomic E-state index is 0.672. The Morgan fingerprint density at radius 3 is 2.83 bits per heavy atom. The molecule has 0 aliphatic carbocycles. The van der Waals surface area contributed by atoms with Crippen LogP contribution in [0.15, 0.2) is 29.2 Å². The number of nitrogens with zero attached hydrogens (tertiary/aromatic N) is 2. The van der Waals surface area contributed by atoms with Crippen molar-refractivity contribution in [2.45, 2.75) is 10.8 Å². The Balaban J connectivity index is 1.53. The maximum absolute atomic E-state index is 3.62. The molecule has 1 unspecified atom stereocenters. The molecule has 0 aromatic heterocycles. The Hall–Kier alpha value is -0.550. The predicted octanol–water partition coefficient (Wildman–Crippen LogP) is 1.63. The average molecular weight is 263 g/mol. The lowest BCUT2D eigenvalue weighted by Gasteiger charge is -2.33. The van der Waals surface area contributed by atoms with Crippen LogP contribution in [-0.4, -0.2) is 55.4 Å². The summed E-state index contributed by atoms with van der Waals surface area (Å²) >= 11 is 2.00. The SMILES string of the molecule is CN1CCN(NCC2CSc3ccccc32)CC1. The van der Waals surface area contributed by atoms with Crippen molar-refractivity contribution < 1.29 is 0 Å². The summed E-state index contributed by atoms with van der Waals surface area (Å²) < 4.78 is 0. The maximum atomic E-state index is 3.62. The molecule has 2 aliphatic heterocycles. The van der Waals surface area contributed by atoms with E-state index >= 15 is 0 Å². The van der Waals surface area contributed by atoms with Crippen LogP contribution in [-0.2, 0) is 0 Å². The Kier molecular flexibility index (Phi) is 3.89. The van der Waals surface area contributed by atoms with Crippen LogP contribution < -0.4 is 5.43 Å². The van der Waals surface area contributed by atoms with Gasteiger partial charge in [-0.15, -0.1) is 11.8 Å². The third kappa shape index (κ3) is 2.72. The molecule has 0 radical (unpaired) electrons. The highest BCUT2D eigenvalue weighted by molar-refractivity contribution is 7.99. The van der Waals surface area contributed by atoms with Crippen molar-refractivity contribution in [3.05, 3.63) is 29.8 Å². The van der Waals surface area contributed by atoms with Crippen LogP contribution in [0.5, 0.6) is 0 Å². The van der Waals surface area contributed by atoms with Gasteiger partial charge in [0.15, 0.2) is 0 Å². The van der Waals surface area contributed by atoms with Gasteiger partial charge in [0.25, 0.3) is 0 Å². The van der Waals surface area contributed by atoms with Gasteiger partial charge in [-0.3, -0.25) is 5.43 Å². The molecule has 1 fully saturated rings. The largest absolute Gasteiger partial charge is 0.304 e. The number of piperazine rings is 1. The van der Waals surface area contributed by atoms with E-state index in [1.165, 1.54) is 29.3 Å². The van der Waals surface area contributed by atoms with Crippen molar-refractivity contribution >= 4 is 11.8 Å². The van der Waals surface area contributed by atoms with Gasteiger partial charge in [0.2, 0.25) is 0 Å². The Bertz CT molecular complexity index is 402. The average Bonchev–Trinajstić information content (AvgIpc) is 2.82. The minimum Gasteiger partial charge on any atom is -0.304 e. The van der Waals surface area contributed by atoms with Crippen molar-refractivity contribution in [1.29, 1.82) is 0 Å². The van der Waals surface area contributed by atoms with E-state index in [4.69, 9.17) is 0 Å². The second-order valence-corrected chi connectivity index (χ2v) is 6.26. The lowest BCUT2D eigenvalue weighted by atomic mass is 10.0. The van der Waals surface area contributed by atoms with Gasteiger partial charge < -0.3 is 4.90 Å². The molecular weight excluding hydrogens is 242 g/mol. The second kappa shape index (κ2) is 5.61. The fourth-order valence-electron chi connectivity index (χ4n) is 2.60. The molecule has 2 heterocycles. The number of fused-ring (bicyclic) bond motifs is 1. The van der Waals surface area contributed by atoms with E-state index in [1.807, 2.05) is 11.8 Å². The van der Waals surface area contributed by atoms with Crippen LogP contribution in [0.25, 0.3) is 0 Å². The molecule has 1 atom stereocenters. The summed E-state index contributed by atoms with van der Waals surface area (Å²) in [4.78, 5) is 3.86. The van der Waals surface area contributed by atoms with E-state index < -0.39 is 0 Å². The molecule has 0 bridgehead atoms. The van der Waals surface area contributed by atoms with Crippen LogP contribution >= 0.6 is 11.8 Å². The molecule has 0 amide bonds. The van der Waals surface area contributed by atoms with Gasteiger partial charge in [0.05, 0.1) is 0 Å². The maximum Gasteiger partial charge on any atom is 0.0259 e. The number of nitrogens with one attached hydrogen (secondary N) is 1. The molecule has 4 heteroatoms. The van der Waals surface area contributed by atoms with Crippen molar-refractivity contribution in [2.24, 2.45) is 0 Å². The van der Waals surface area contributed by atoms with E-state index in [-0.39, 0.29) is 0 Å². The zero-order valence-corrected chi connectivity index (χ0v) is 11.7. The highest BCUT2D eigenvalue weighted by Crippen LogP contribution is 2.38. The molecule has 1 aromatic carbocycles. The van der Waals surface area contributed by atoms with Crippen LogP contribution in [0.3, 0.4) is 0 Å². The molecule has 1 saturated heterocycles. The molecule has 0 spiro atoms. The van der Waals surface area contributed by atoms with E-state index in [0.29, 0.717) is 5.92 Å². The molecule has 98 valence electrons. The Morgan fingerprint density at radius 2 is 2.00 bits per heavy atom. The minimum atomic E-state index is 0.672. The fraction of sp³-hybridized carbons (Fsp3) is 0.571. The van der Waals surface area contributed by atoms with E-state index in [9.17, 15) is 0 Å². The first-order chi connectivity index (χ1) is 8.83. The van der Waals surface area contributed by atoms with Crippen LogP contribution in [0, 0.1) is 0 Å². The number of hydrazine groups is 1. The number of rotatable bonds is 3. The summed E-state index contributed by atoms with van der Waals surface area (Å²) in [7, 11) is 2.20. The first-order valence-electron chi connectivity index (χ1n) is 6.71. The van der Waals surface area contributed by atoms with Crippen LogP contribution in [0.2, 0.25) is 0 Å². The molecule has 3 rings (SSSR count). The first-order valence-corrected chi connectivity index (χ1v) is 7.70. The van der Waals surface area contributed by atoms with Gasteiger partial charge in [0, 0.05) is 49.3 Å². The first kappa shape index (κ1) is 12.5. The number of benzene rings is 1. The van der Waals surface area contributed by atoms with E-state index in [1.54, 1.807) is 0 Å². The van der Waals surface area contributed by atoms with E-state index in [2.05, 4.69) is 46.6 Å². The van der Waals surface area contributed by atoms with Crippen LogP contribution in [0.4, 0.5) is 0 Å². The van der Waals surface area contributed by atoms with Crippen molar-refractivity contribution in [1.82, 2.24) is 15.3 Å². The van der Waals surface area contributed by atoms with Gasteiger partial charge in [0.1, 0.15) is 0 Å². The summed E-state index contributed by atoms with van der Waals surface area (Å²) in [6.45, 7) is 5.69. The quantitative estimate of drug-likeness (QED) is 0.893. The molecular formula is C14H21N3S. The number of hydrogen-bond acceptors (Lipinski definition) is 4. The van der Waals surface area contributed by atoms with Crippen molar-refractivity contribution in [2.75, 3.05) is 45.5 Å². The topological polar surface area (TPSA) is 18.5 Å². The normalized spacial score (nSPS) is 25.3. The smallest absolute Gasteiger partial charge is 0.0259 e. The monoisotopic (exact) mass is 263 g/mol. The van der Waals surface area contributed by atoms with Crippen LogP contribution in [0.1, 0.15) is 11.5 Å². The van der Waals surface area contributed by atoms with Gasteiger partial charge in [-0.1, -0.05) is 18.2 Å². The molecule has 18 heavy (non-hydrogen) atoms. The number of likely N-dealkylation sites (N-methyl/N-ethyl adjacent to an activating group) is 1. The third-order valence-electron chi connectivity index (χ3n) is 3.86.